The zero-order valence-corrected chi connectivity index (χ0v) is 10.6. The van der Waals surface area contributed by atoms with Gasteiger partial charge in [0, 0.05) is 15.8 Å². The summed E-state index contributed by atoms with van der Waals surface area (Å²) in [6, 6.07) is 15.5. The van der Waals surface area contributed by atoms with Gasteiger partial charge in [-0.2, -0.15) is 0 Å². The molecule has 0 aliphatic heterocycles. The summed E-state index contributed by atoms with van der Waals surface area (Å²) in [5.41, 5.74) is 1.38. The van der Waals surface area contributed by atoms with Crippen LogP contribution in [-0.2, 0) is 6.42 Å². The van der Waals surface area contributed by atoms with Gasteiger partial charge >= 0.3 is 0 Å². The van der Waals surface area contributed by atoms with E-state index < -0.39 is 0 Å². The van der Waals surface area contributed by atoms with Gasteiger partial charge in [0.25, 0.3) is 0 Å². The lowest BCUT2D eigenvalue weighted by Gasteiger charge is -2.14. The molecule has 1 heterocycles. The number of hydrogen-bond acceptors (Lipinski definition) is 2. The maximum absolute atomic E-state index is 3.39. The molecule has 0 amide bonds. The topological polar surface area (TPSA) is 12.0 Å². The monoisotopic (exact) mass is 231 g/mol. The van der Waals surface area contributed by atoms with Crippen LogP contribution in [0, 0.1) is 6.92 Å². The molecule has 0 bridgehead atoms. The van der Waals surface area contributed by atoms with Crippen molar-refractivity contribution in [2.24, 2.45) is 0 Å². The number of aryl methyl sites for hydroxylation is 1. The van der Waals surface area contributed by atoms with E-state index in [1.807, 2.05) is 18.4 Å². The molecule has 2 aromatic rings. The van der Waals surface area contributed by atoms with Crippen LogP contribution in [0.3, 0.4) is 0 Å². The molecule has 16 heavy (non-hydrogen) atoms. The van der Waals surface area contributed by atoms with Crippen molar-refractivity contribution in [3.05, 3.63) is 57.8 Å². The van der Waals surface area contributed by atoms with E-state index in [-0.39, 0.29) is 0 Å². The zero-order valence-electron chi connectivity index (χ0n) is 9.73. The molecular weight excluding hydrogens is 214 g/mol. The van der Waals surface area contributed by atoms with Gasteiger partial charge in [-0.15, -0.1) is 11.3 Å². The van der Waals surface area contributed by atoms with E-state index in [1.54, 1.807) is 0 Å². The molecular formula is C14H17NS. The second-order valence-corrected chi connectivity index (χ2v) is 5.30. The molecule has 2 heteroatoms. The lowest BCUT2D eigenvalue weighted by molar-refractivity contribution is 0.602. The SMILES string of the molecule is CNC(Cc1ccccc1)c1ccc(C)s1. The highest BCUT2D eigenvalue weighted by Gasteiger charge is 2.11. The number of rotatable bonds is 4. The van der Waals surface area contributed by atoms with Crippen molar-refractivity contribution in [3.63, 3.8) is 0 Å². The maximum Gasteiger partial charge on any atom is 0.0453 e. The van der Waals surface area contributed by atoms with Gasteiger partial charge in [0.1, 0.15) is 0 Å². The third kappa shape index (κ3) is 2.71. The molecule has 1 atom stereocenters. The van der Waals surface area contributed by atoms with Crippen LogP contribution < -0.4 is 5.32 Å². The molecule has 0 saturated heterocycles. The van der Waals surface area contributed by atoms with E-state index >= 15 is 0 Å². The molecule has 1 nitrogen and oxygen atoms in total. The highest BCUT2D eigenvalue weighted by atomic mass is 32.1. The predicted molar refractivity (Wildman–Crippen MR) is 71.0 cm³/mol. The first-order chi connectivity index (χ1) is 7.79. The highest BCUT2D eigenvalue weighted by Crippen LogP contribution is 2.25. The summed E-state index contributed by atoms with van der Waals surface area (Å²) >= 11 is 1.88. The molecule has 0 radical (unpaired) electrons. The zero-order chi connectivity index (χ0) is 11.4. The molecule has 0 saturated carbocycles. The summed E-state index contributed by atoms with van der Waals surface area (Å²) in [7, 11) is 2.03. The van der Waals surface area contributed by atoms with Crippen LogP contribution in [-0.4, -0.2) is 7.05 Å². The molecule has 0 aliphatic rings. The fraction of sp³-hybridized carbons (Fsp3) is 0.286. The van der Waals surface area contributed by atoms with E-state index in [4.69, 9.17) is 0 Å². The van der Waals surface area contributed by atoms with Crippen molar-refractivity contribution in [2.45, 2.75) is 19.4 Å². The molecule has 2 rings (SSSR count). The first kappa shape index (κ1) is 11.4. The van der Waals surface area contributed by atoms with E-state index in [0.29, 0.717) is 6.04 Å². The molecule has 1 aromatic carbocycles. The van der Waals surface area contributed by atoms with Crippen molar-refractivity contribution in [1.82, 2.24) is 5.32 Å². The van der Waals surface area contributed by atoms with Crippen LogP contribution >= 0.6 is 11.3 Å². The maximum atomic E-state index is 3.39. The van der Waals surface area contributed by atoms with Gasteiger partial charge in [-0.3, -0.25) is 0 Å². The summed E-state index contributed by atoms with van der Waals surface area (Å²) < 4.78 is 0. The Hall–Kier alpha value is -1.12. The summed E-state index contributed by atoms with van der Waals surface area (Å²) in [4.78, 5) is 2.80. The molecule has 1 unspecified atom stereocenters. The van der Waals surface area contributed by atoms with Gasteiger partial charge in [-0.05, 0) is 38.1 Å². The Morgan fingerprint density at radius 2 is 1.88 bits per heavy atom. The minimum Gasteiger partial charge on any atom is -0.312 e. The van der Waals surface area contributed by atoms with Gasteiger partial charge in [-0.1, -0.05) is 30.3 Å². The van der Waals surface area contributed by atoms with Gasteiger partial charge in [-0.25, -0.2) is 0 Å². The van der Waals surface area contributed by atoms with Crippen LogP contribution in [0.5, 0.6) is 0 Å². The van der Waals surface area contributed by atoms with Crippen LogP contribution in [0.4, 0.5) is 0 Å². The average molecular weight is 231 g/mol. The molecule has 1 N–H and O–H groups in total. The van der Waals surface area contributed by atoms with Crippen molar-refractivity contribution in [3.8, 4) is 0 Å². The second-order valence-electron chi connectivity index (χ2n) is 3.98. The smallest absolute Gasteiger partial charge is 0.0453 e. The summed E-state index contributed by atoms with van der Waals surface area (Å²) in [6.45, 7) is 2.16. The second kappa shape index (κ2) is 5.28. The molecule has 1 aromatic heterocycles. The number of nitrogens with one attached hydrogen (secondary N) is 1. The molecule has 0 aliphatic carbocycles. The van der Waals surface area contributed by atoms with Crippen LogP contribution in [0.15, 0.2) is 42.5 Å². The third-order valence-corrected chi connectivity index (χ3v) is 3.85. The molecule has 84 valence electrons. The Labute approximate surface area is 101 Å². The minimum absolute atomic E-state index is 0.432. The minimum atomic E-state index is 0.432. The van der Waals surface area contributed by atoms with Crippen LogP contribution in [0.25, 0.3) is 0 Å². The number of thiophene rings is 1. The van der Waals surface area contributed by atoms with Gasteiger partial charge < -0.3 is 5.32 Å². The lowest BCUT2D eigenvalue weighted by atomic mass is 10.1. The van der Waals surface area contributed by atoms with E-state index in [1.165, 1.54) is 15.3 Å². The number of likely N-dealkylation sites (N-methyl/N-ethyl adjacent to an activating group) is 1. The Balaban J connectivity index is 2.12. The van der Waals surface area contributed by atoms with Gasteiger partial charge in [0.2, 0.25) is 0 Å². The lowest BCUT2D eigenvalue weighted by Crippen LogP contribution is -2.17. The summed E-state index contributed by atoms with van der Waals surface area (Å²) in [6.07, 6.45) is 1.05. The van der Waals surface area contributed by atoms with Crippen molar-refractivity contribution in [2.75, 3.05) is 7.05 Å². The van der Waals surface area contributed by atoms with Crippen LogP contribution in [0.2, 0.25) is 0 Å². The molecule has 0 fully saturated rings. The fourth-order valence-corrected chi connectivity index (χ4v) is 2.82. The van der Waals surface area contributed by atoms with E-state index in [9.17, 15) is 0 Å². The summed E-state index contributed by atoms with van der Waals surface area (Å²) in [5.74, 6) is 0. The van der Waals surface area contributed by atoms with Crippen molar-refractivity contribution < 1.29 is 0 Å². The van der Waals surface area contributed by atoms with Crippen LogP contribution in [0.1, 0.15) is 21.4 Å². The van der Waals surface area contributed by atoms with Gasteiger partial charge in [0.05, 0.1) is 0 Å². The Morgan fingerprint density at radius 3 is 2.44 bits per heavy atom. The Kier molecular flexibility index (Phi) is 3.75. The quantitative estimate of drug-likeness (QED) is 0.848. The number of benzene rings is 1. The third-order valence-electron chi connectivity index (χ3n) is 2.74. The Morgan fingerprint density at radius 1 is 1.12 bits per heavy atom. The average Bonchev–Trinajstić information content (AvgIpc) is 2.74. The van der Waals surface area contributed by atoms with Gasteiger partial charge in [0.15, 0.2) is 0 Å². The first-order valence-corrected chi connectivity index (χ1v) is 6.39. The predicted octanol–water partition coefficient (Wildman–Crippen LogP) is 3.56. The van der Waals surface area contributed by atoms with E-state index in [0.717, 1.165) is 6.42 Å². The van der Waals surface area contributed by atoms with E-state index in [2.05, 4.69) is 54.7 Å². The standard InChI is InChI=1S/C14H17NS/c1-11-8-9-14(16-11)13(15-2)10-12-6-4-3-5-7-12/h3-9,13,15H,10H2,1-2H3. The normalized spacial score (nSPS) is 12.6. The van der Waals surface area contributed by atoms with Crippen molar-refractivity contribution in [1.29, 1.82) is 0 Å². The summed E-state index contributed by atoms with van der Waals surface area (Å²) in [5, 5.41) is 3.39. The number of hydrogen-bond donors (Lipinski definition) is 1. The largest absolute Gasteiger partial charge is 0.312 e. The Bertz CT molecular complexity index is 433. The van der Waals surface area contributed by atoms with Crippen molar-refractivity contribution >= 4 is 11.3 Å². The first-order valence-electron chi connectivity index (χ1n) is 5.57. The highest BCUT2D eigenvalue weighted by molar-refractivity contribution is 7.12. The fourth-order valence-electron chi connectivity index (χ4n) is 1.84. The molecule has 0 spiro atoms.